The lowest BCUT2D eigenvalue weighted by molar-refractivity contribution is 0.345. The van der Waals surface area contributed by atoms with Crippen molar-refractivity contribution in [1.29, 1.82) is 0 Å². The van der Waals surface area contributed by atoms with Gasteiger partial charge in [-0.25, -0.2) is 0 Å². The Morgan fingerprint density at radius 1 is 1.29 bits per heavy atom. The zero-order chi connectivity index (χ0) is 10.1. The van der Waals surface area contributed by atoms with Crippen LogP contribution in [0.25, 0.3) is 10.1 Å². The first-order valence-corrected chi connectivity index (χ1v) is 6.68. The van der Waals surface area contributed by atoms with Crippen molar-refractivity contribution >= 4 is 53.3 Å². The molecule has 0 radical (unpaired) electrons. The van der Waals surface area contributed by atoms with E-state index in [1.54, 1.807) is 11.3 Å². The SMILES string of the molecule is CCOc1ccc(Br)c2c(Br)csc12. The predicted octanol–water partition coefficient (Wildman–Crippen LogP) is 4.83. The molecular formula is C10H8Br2OS. The number of thiophene rings is 1. The lowest BCUT2D eigenvalue weighted by atomic mass is 10.2. The van der Waals surface area contributed by atoms with E-state index in [-0.39, 0.29) is 0 Å². The minimum Gasteiger partial charge on any atom is -0.492 e. The molecule has 0 aliphatic rings. The van der Waals surface area contributed by atoms with Crippen LogP contribution in [0.15, 0.2) is 26.5 Å². The summed E-state index contributed by atoms with van der Waals surface area (Å²) in [4.78, 5) is 0. The van der Waals surface area contributed by atoms with E-state index in [1.165, 1.54) is 10.1 Å². The first-order chi connectivity index (χ1) is 6.74. The van der Waals surface area contributed by atoms with Crippen molar-refractivity contribution in [2.75, 3.05) is 6.61 Å². The van der Waals surface area contributed by atoms with E-state index >= 15 is 0 Å². The Balaban J connectivity index is 2.70. The van der Waals surface area contributed by atoms with Crippen molar-refractivity contribution in [3.8, 4) is 5.75 Å². The minimum absolute atomic E-state index is 0.701. The fraction of sp³-hybridized carbons (Fsp3) is 0.200. The maximum atomic E-state index is 5.56. The molecule has 0 saturated heterocycles. The van der Waals surface area contributed by atoms with Gasteiger partial charge in [0.2, 0.25) is 0 Å². The molecule has 4 heteroatoms. The van der Waals surface area contributed by atoms with Gasteiger partial charge in [-0.15, -0.1) is 11.3 Å². The van der Waals surface area contributed by atoms with Gasteiger partial charge in [-0.05, 0) is 35.0 Å². The predicted molar refractivity (Wildman–Crippen MR) is 68.4 cm³/mol. The third kappa shape index (κ3) is 1.71. The van der Waals surface area contributed by atoms with Crippen LogP contribution in [0.5, 0.6) is 5.75 Å². The van der Waals surface area contributed by atoms with Crippen LogP contribution in [0.4, 0.5) is 0 Å². The standard InChI is InChI=1S/C10H8Br2OS/c1-2-13-8-4-3-6(11)9-7(12)5-14-10(8)9/h3-5H,2H2,1H3. The van der Waals surface area contributed by atoms with Gasteiger partial charge in [0.15, 0.2) is 0 Å². The Kier molecular flexibility index (Phi) is 3.14. The molecule has 14 heavy (non-hydrogen) atoms. The Hall–Kier alpha value is -0.0600. The summed E-state index contributed by atoms with van der Waals surface area (Å²) in [7, 11) is 0. The highest BCUT2D eigenvalue weighted by atomic mass is 79.9. The molecule has 2 rings (SSSR count). The Labute approximate surface area is 103 Å². The van der Waals surface area contributed by atoms with Gasteiger partial charge in [0, 0.05) is 19.7 Å². The normalized spacial score (nSPS) is 10.8. The molecule has 0 bridgehead atoms. The van der Waals surface area contributed by atoms with Gasteiger partial charge in [0.1, 0.15) is 5.75 Å². The van der Waals surface area contributed by atoms with Gasteiger partial charge >= 0.3 is 0 Å². The molecule has 2 aromatic rings. The zero-order valence-corrected chi connectivity index (χ0v) is 11.5. The van der Waals surface area contributed by atoms with Crippen molar-refractivity contribution < 1.29 is 4.74 Å². The summed E-state index contributed by atoms with van der Waals surface area (Å²) in [6, 6.07) is 4.02. The molecule has 0 saturated carbocycles. The minimum atomic E-state index is 0.701. The summed E-state index contributed by atoms with van der Waals surface area (Å²) in [5.74, 6) is 0.960. The first kappa shape index (κ1) is 10.5. The highest BCUT2D eigenvalue weighted by Crippen LogP contribution is 2.40. The average Bonchev–Trinajstić information content (AvgIpc) is 2.54. The molecule has 74 valence electrons. The molecule has 0 unspecified atom stereocenters. The highest BCUT2D eigenvalue weighted by molar-refractivity contribution is 9.11. The Morgan fingerprint density at radius 2 is 2.07 bits per heavy atom. The van der Waals surface area contributed by atoms with Gasteiger partial charge in [0.05, 0.1) is 11.3 Å². The maximum absolute atomic E-state index is 5.56. The summed E-state index contributed by atoms with van der Waals surface area (Å²) in [5.41, 5.74) is 0. The van der Waals surface area contributed by atoms with Crippen LogP contribution in [-0.2, 0) is 0 Å². The monoisotopic (exact) mass is 334 g/mol. The van der Waals surface area contributed by atoms with Crippen LogP contribution in [0.2, 0.25) is 0 Å². The van der Waals surface area contributed by atoms with E-state index in [1.807, 2.05) is 19.1 Å². The molecule has 0 spiro atoms. The number of rotatable bonds is 2. The van der Waals surface area contributed by atoms with Crippen molar-refractivity contribution in [2.45, 2.75) is 6.92 Å². The number of hydrogen-bond acceptors (Lipinski definition) is 2. The van der Waals surface area contributed by atoms with Crippen LogP contribution in [0, 0.1) is 0 Å². The summed E-state index contributed by atoms with van der Waals surface area (Å²) >= 11 is 8.75. The quantitative estimate of drug-likeness (QED) is 0.764. The van der Waals surface area contributed by atoms with Gasteiger partial charge in [-0.2, -0.15) is 0 Å². The molecule has 0 fully saturated rings. The molecule has 1 aromatic heterocycles. The number of ether oxygens (including phenoxy) is 1. The van der Waals surface area contributed by atoms with Crippen LogP contribution in [0.3, 0.4) is 0 Å². The van der Waals surface area contributed by atoms with E-state index in [9.17, 15) is 0 Å². The van der Waals surface area contributed by atoms with Gasteiger partial charge in [-0.3, -0.25) is 0 Å². The fourth-order valence-electron chi connectivity index (χ4n) is 1.32. The lowest BCUT2D eigenvalue weighted by Crippen LogP contribution is -1.90. The maximum Gasteiger partial charge on any atom is 0.137 e. The van der Waals surface area contributed by atoms with E-state index in [2.05, 4.69) is 37.2 Å². The van der Waals surface area contributed by atoms with Gasteiger partial charge < -0.3 is 4.74 Å². The summed E-state index contributed by atoms with van der Waals surface area (Å²) in [5, 5.41) is 3.28. The number of hydrogen-bond donors (Lipinski definition) is 0. The van der Waals surface area contributed by atoms with Crippen molar-refractivity contribution in [3.63, 3.8) is 0 Å². The smallest absolute Gasteiger partial charge is 0.137 e. The second-order valence-corrected chi connectivity index (χ2v) is 5.35. The van der Waals surface area contributed by atoms with Gasteiger partial charge in [0.25, 0.3) is 0 Å². The zero-order valence-electron chi connectivity index (χ0n) is 7.51. The van der Waals surface area contributed by atoms with Crippen LogP contribution >= 0.6 is 43.2 Å². The largest absolute Gasteiger partial charge is 0.492 e. The van der Waals surface area contributed by atoms with Crippen LogP contribution < -0.4 is 4.74 Å². The van der Waals surface area contributed by atoms with Crippen molar-refractivity contribution in [2.24, 2.45) is 0 Å². The van der Waals surface area contributed by atoms with E-state index < -0.39 is 0 Å². The van der Waals surface area contributed by atoms with Crippen molar-refractivity contribution in [3.05, 3.63) is 26.5 Å². The number of fused-ring (bicyclic) bond motifs is 1. The second-order valence-electron chi connectivity index (χ2n) is 2.77. The van der Waals surface area contributed by atoms with Crippen LogP contribution in [0.1, 0.15) is 6.92 Å². The molecule has 1 nitrogen and oxygen atoms in total. The summed E-state index contributed by atoms with van der Waals surface area (Å²) in [6.45, 7) is 2.70. The molecule has 0 aliphatic heterocycles. The molecule has 1 heterocycles. The van der Waals surface area contributed by atoms with E-state index in [0.29, 0.717) is 6.61 Å². The molecule has 1 aromatic carbocycles. The topological polar surface area (TPSA) is 9.23 Å². The molecule has 0 atom stereocenters. The molecular weight excluding hydrogens is 328 g/mol. The first-order valence-electron chi connectivity index (χ1n) is 4.22. The second kappa shape index (κ2) is 4.21. The van der Waals surface area contributed by atoms with Gasteiger partial charge in [-0.1, -0.05) is 15.9 Å². The molecule has 0 aliphatic carbocycles. The van der Waals surface area contributed by atoms with E-state index in [4.69, 9.17) is 4.74 Å². The average molecular weight is 336 g/mol. The van der Waals surface area contributed by atoms with Crippen LogP contribution in [-0.4, -0.2) is 6.61 Å². The summed E-state index contributed by atoms with van der Waals surface area (Å²) in [6.07, 6.45) is 0. The Bertz CT molecular complexity index is 464. The molecule has 0 N–H and O–H groups in total. The Morgan fingerprint density at radius 3 is 2.79 bits per heavy atom. The third-order valence-corrected chi connectivity index (χ3v) is 4.47. The lowest BCUT2D eigenvalue weighted by Gasteiger charge is -2.05. The number of halogens is 2. The number of benzene rings is 1. The van der Waals surface area contributed by atoms with Crippen molar-refractivity contribution in [1.82, 2.24) is 0 Å². The molecule has 0 amide bonds. The van der Waals surface area contributed by atoms with E-state index in [0.717, 1.165) is 14.7 Å². The third-order valence-electron chi connectivity index (χ3n) is 1.89. The fourth-order valence-corrected chi connectivity index (χ4v) is 4.00. The summed E-state index contributed by atoms with van der Waals surface area (Å²) < 4.78 is 8.96. The highest BCUT2D eigenvalue weighted by Gasteiger charge is 2.10.